The number of nitrogens with one attached hydrogen (secondary N) is 1. The number of allylic oxidation sites excluding steroid dienone is 2. The molecule has 11 nitrogen and oxygen atoms in total. The maximum absolute atomic E-state index is 13.3. The molecule has 1 heterocycles. The van der Waals surface area contributed by atoms with Gasteiger partial charge in [0.15, 0.2) is 6.29 Å². The van der Waals surface area contributed by atoms with Crippen molar-refractivity contribution in [2.45, 2.75) is 428 Å². The van der Waals surface area contributed by atoms with Gasteiger partial charge in [-0.2, -0.15) is 0 Å². The molecular weight excluding hydrogens is 1040 g/mol. The van der Waals surface area contributed by atoms with Gasteiger partial charge in [0.05, 0.1) is 25.4 Å². The van der Waals surface area contributed by atoms with Gasteiger partial charge in [-0.15, -0.1) is 0 Å². The van der Waals surface area contributed by atoms with Crippen LogP contribution in [0.4, 0.5) is 0 Å². The number of hydrogen-bond donors (Lipinski definition) is 8. The fraction of sp³-hybridized carbons (Fsp3) is 0.958. The number of carbonyl (C=O) groups excluding carboxylic acids is 1. The highest BCUT2D eigenvalue weighted by atomic mass is 16.7. The van der Waals surface area contributed by atoms with E-state index in [1.165, 1.54) is 295 Å². The molecule has 9 unspecified atom stereocenters. The fourth-order valence-corrected chi connectivity index (χ4v) is 12.2. The lowest BCUT2D eigenvalue weighted by Crippen LogP contribution is -2.60. The number of carbonyl (C=O) groups is 1. The molecule has 1 aliphatic heterocycles. The van der Waals surface area contributed by atoms with E-state index in [2.05, 4.69) is 31.3 Å². The van der Waals surface area contributed by atoms with Crippen molar-refractivity contribution < 1.29 is 50.0 Å². The smallest absolute Gasteiger partial charge is 0.249 e. The van der Waals surface area contributed by atoms with Crippen molar-refractivity contribution in [3.63, 3.8) is 0 Å². The van der Waals surface area contributed by atoms with Crippen LogP contribution in [0, 0.1) is 0 Å². The molecule has 0 spiro atoms. The van der Waals surface area contributed by atoms with Gasteiger partial charge in [-0.05, 0) is 38.5 Å². The standard InChI is InChI=1S/C72H141NO10/c1-3-5-7-9-11-13-15-17-19-21-23-25-27-29-31-32-33-34-36-38-40-42-44-46-48-50-52-54-56-58-60-65(76)71(81)73-63(62-82-72-70(80)69(79)68(78)66(61-74)83-72)67(77)64(75)59-57-55-53-51-49-47-45-43-41-39-37-35-30-28-26-24-22-20-18-16-14-12-10-8-6-4-2/h51,53,63-70,72,74-80H,3-50,52,54-62H2,1-2H3,(H,73,81)/b53-51+. The summed E-state index contributed by atoms with van der Waals surface area (Å²) in [4.78, 5) is 13.3. The number of rotatable bonds is 65. The number of aliphatic hydroxyl groups is 7. The normalized spacial score (nSPS) is 19.0. The van der Waals surface area contributed by atoms with E-state index in [0.29, 0.717) is 12.8 Å². The molecule has 0 bridgehead atoms. The van der Waals surface area contributed by atoms with Gasteiger partial charge in [-0.3, -0.25) is 4.79 Å². The average molecular weight is 1180 g/mol. The first-order chi connectivity index (χ1) is 40.7. The first-order valence-corrected chi connectivity index (χ1v) is 36.6. The number of amides is 1. The van der Waals surface area contributed by atoms with Gasteiger partial charge in [-0.25, -0.2) is 0 Å². The number of ether oxygens (including phenoxy) is 2. The Labute approximate surface area is 512 Å². The Morgan fingerprint density at radius 3 is 1.04 bits per heavy atom. The lowest BCUT2D eigenvalue weighted by molar-refractivity contribution is -0.303. The Hall–Kier alpha value is -1.15. The molecule has 0 saturated carbocycles. The van der Waals surface area contributed by atoms with Crippen molar-refractivity contribution in [2.75, 3.05) is 13.2 Å². The zero-order valence-electron chi connectivity index (χ0n) is 54.7. The molecule has 8 N–H and O–H groups in total. The van der Waals surface area contributed by atoms with E-state index in [9.17, 15) is 40.5 Å². The van der Waals surface area contributed by atoms with Gasteiger partial charge >= 0.3 is 0 Å². The Morgan fingerprint density at radius 1 is 0.410 bits per heavy atom. The highest BCUT2D eigenvalue weighted by Gasteiger charge is 2.44. The van der Waals surface area contributed by atoms with E-state index in [1.807, 2.05) is 0 Å². The minimum absolute atomic E-state index is 0.260. The van der Waals surface area contributed by atoms with E-state index in [1.54, 1.807) is 0 Å². The van der Waals surface area contributed by atoms with Crippen LogP contribution in [-0.2, 0) is 14.3 Å². The molecule has 0 aromatic carbocycles. The van der Waals surface area contributed by atoms with Crippen LogP contribution in [-0.4, -0.2) is 110 Å². The van der Waals surface area contributed by atoms with Gasteiger partial charge < -0.3 is 50.5 Å². The van der Waals surface area contributed by atoms with Crippen molar-refractivity contribution in [1.29, 1.82) is 0 Å². The summed E-state index contributed by atoms with van der Waals surface area (Å²) >= 11 is 0. The molecule has 1 saturated heterocycles. The van der Waals surface area contributed by atoms with Gasteiger partial charge in [0.25, 0.3) is 0 Å². The zero-order chi connectivity index (χ0) is 60.3. The maximum atomic E-state index is 13.3. The number of hydrogen-bond acceptors (Lipinski definition) is 10. The summed E-state index contributed by atoms with van der Waals surface area (Å²) in [7, 11) is 0. The third-order valence-electron chi connectivity index (χ3n) is 18.1. The van der Waals surface area contributed by atoms with Gasteiger partial charge in [0.1, 0.15) is 36.6 Å². The summed E-state index contributed by atoms with van der Waals surface area (Å²) in [6.45, 7) is 3.51. The predicted octanol–water partition coefficient (Wildman–Crippen LogP) is 17.8. The van der Waals surface area contributed by atoms with Crippen molar-refractivity contribution in [3.05, 3.63) is 12.2 Å². The molecule has 1 aliphatic rings. The van der Waals surface area contributed by atoms with Crippen molar-refractivity contribution >= 4 is 5.91 Å². The molecule has 83 heavy (non-hydrogen) atoms. The van der Waals surface area contributed by atoms with Gasteiger partial charge in [0.2, 0.25) is 5.91 Å². The highest BCUT2D eigenvalue weighted by molar-refractivity contribution is 5.80. The van der Waals surface area contributed by atoms with Crippen LogP contribution >= 0.6 is 0 Å². The molecular formula is C72H141NO10. The molecule has 11 heteroatoms. The van der Waals surface area contributed by atoms with Gasteiger partial charge in [-0.1, -0.05) is 347 Å². The first kappa shape index (κ1) is 79.9. The quantitative estimate of drug-likeness (QED) is 0.0215. The molecule has 0 radical (unpaired) electrons. The summed E-state index contributed by atoms with van der Waals surface area (Å²) < 4.78 is 11.2. The Morgan fingerprint density at radius 2 is 0.711 bits per heavy atom. The minimum atomic E-state index is -1.67. The summed E-state index contributed by atoms with van der Waals surface area (Å²) in [6, 6.07) is -1.18. The van der Waals surface area contributed by atoms with Crippen LogP contribution in [0.25, 0.3) is 0 Å². The number of unbranched alkanes of at least 4 members (excludes halogenated alkanes) is 51. The van der Waals surface area contributed by atoms with Crippen LogP contribution in [0.3, 0.4) is 0 Å². The maximum Gasteiger partial charge on any atom is 0.249 e. The van der Waals surface area contributed by atoms with E-state index < -0.39 is 74.2 Å². The molecule has 0 aliphatic carbocycles. The third kappa shape index (κ3) is 48.5. The Bertz CT molecular complexity index is 1350. The van der Waals surface area contributed by atoms with Crippen LogP contribution in [0.1, 0.15) is 373 Å². The average Bonchev–Trinajstić information content (AvgIpc) is 3.68. The topological polar surface area (TPSA) is 189 Å². The largest absolute Gasteiger partial charge is 0.394 e. The van der Waals surface area contributed by atoms with Crippen LogP contribution in [0.15, 0.2) is 12.2 Å². The van der Waals surface area contributed by atoms with Crippen molar-refractivity contribution in [2.24, 2.45) is 0 Å². The molecule has 9 atom stereocenters. The van der Waals surface area contributed by atoms with Crippen LogP contribution in [0.2, 0.25) is 0 Å². The van der Waals surface area contributed by atoms with Crippen molar-refractivity contribution in [3.8, 4) is 0 Å². The second-order valence-corrected chi connectivity index (χ2v) is 26.0. The third-order valence-corrected chi connectivity index (χ3v) is 18.1. The molecule has 1 amide bonds. The monoisotopic (exact) mass is 1180 g/mol. The van der Waals surface area contributed by atoms with Crippen LogP contribution < -0.4 is 5.32 Å². The predicted molar refractivity (Wildman–Crippen MR) is 349 cm³/mol. The highest BCUT2D eigenvalue weighted by Crippen LogP contribution is 2.24. The van der Waals surface area contributed by atoms with E-state index >= 15 is 0 Å². The summed E-state index contributed by atoms with van der Waals surface area (Å²) in [5.74, 6) is -0.697. The summed E-state index contributed by atoms with van der Waals surface area (Å²) in [6.07, 6.45) is 64.5. The molecule has 1 rings (SSSR count). The van der Waals surface area contributed by atoms with E-state index in [0.717, 1.165) is 38.5 Å². The lowest BCUT2D eigenvalue weighted by Gasteiger charge is -2.40. The van der Waals surface area contributed by atoms with Gasteiger partial charge in [0, 0.05) is 0 Å². The zero-order valence-corrected chi connectivity index (χ0v) is 54.7. The van der Waals surface area contributed by atoms with Crippen LogP contribution in [0.5, 0.6) is 0 Å². The second-order valence-electron chi connectivity index (χ2n) is 26.0. The Balaban J connectivity index is 2.18. The fourth-order valence-electron chi connectivity index (χ4n) is 12.2. The SMILES string of the molecule is CCCCCCCCCCCCCCCCCCCCCCC/C=C/CCCC(O)C(O)C(COC1OC(CO)C(O)C(O)C1O)NC(=O)C(O)CCCCCCCCCCCCCCCCCCCCCCCCCCCCCCCC. The Kier molecular flexibility index (Phi) is 58.8. The molecule has 494 valence electrons. The lowest BCUT2D eigenvalue weighted by atomic mass is 9.98. The first-order valence-electron chi connectivity index (χ1n) is 36.6. The van der Waals surface area contributed by atoms with E-state index in [4.69, 9.17) is 9.47 Å². The van der Waals surface area contributed by atoms with Crippen molar-refractivity contribution in [1.82, 2.24) is 5.32 Å². The molecule has 1 fully saturated rings. The molecule has 0 aromatic rings. The second kappa shape index (κ2) is 61.1. The van der Waals surface area contributed by atoms with E-state index in [-0.39, 0.29) is 12.8 Å². The minimum Gasteiger partial charge on any atom is -0.394 e. The molecule has 0 aromatic heterocycles. The number of aliphatic hydroxyl groups excluding tert-OH is 7. The summed E-state index contributed by atoms with van der Waals surface area (Å²) in [5, 5.41) is 76.5. The summed E-state index contributed by atoms with van der Waals surface area (Å²) in [5.41, 5.74) is 0.